The lowest BCUT2D eigenvalue weighted by Gasteiger charge is -2.06. The first-order valence-electron chi connectivity index (χ1n) is 8.66. The van der Waals surface area contributed by atoms with Crippen molar-refractivity contribution in [2.45, 2.75) is 20.3 Å². The van der Waals surface area contributed by atoms with E-state index in [1.165, 1.54) is 12.1 Å². The van der Waals surface area contributed by atoms with Gasteiger partial charge in [-0.25, -0.2) is 9.07 Å². The van der Waals surface area contributed by atoms with Gasteiger partial charge in [0.25, 0.3) is 5.91 Å². The Morgan fingerprint density at radius 2 is 2.04 bits per heavy atom. The molecular formula is C21H17ClFN3OS. The van der Waals surface area contributed by atoms with Crippen LogP contribution in [0.2, 0.25) is 5.02 Å². The second-order valence-corrected chi connectivity index (χ2v) is 8.28. The Labute approximate surface area is 170 Å². The Morgan fingerprint density at radius 1 is 1.25 bits per heavy atom. The highest BCUT2D eigenvalue weighted by atomic mass is 35.5. The molecule has 7 heteroatoms. The number of rotatable bonds is 4. The lowest BCUT2D eigenvalue weighted by Crippen LogP contribution is -2.13. The normalized spacial score (nSPS) is 11.3. The van der Waals surface area contributed by atoms with Gasteiger partial charge < -0.3 is 5.73 Å². The van der Waals surface area contributed by atoms with Crippen LogP contribution >= 0.6 is 22.9 Å². The van der Waals surface area contributed by atoms with Crippen LogP contribution < -0.4 is 5.73 Å². The predicted octanol–water partition coefficient (Wildman–Crippen LogP) is 5.19. The lowest BCUT2D eigenvalue weighted by atomic mass is 10.1. The molecular weight excluding hydrogens is 397 g/mol. The predicted molar refractivity (Wildman–Crippen MR) is 111 cm³/mol. The molecule has 0 atom stereocenters. The molecule has 2 aromatic heterocycles. The number of benzene rings is 2. The fourth-order valence-corrected chi connectivity index (χ4v) is 4.88. The minimum atomic E-state index is -0.484. The zero-order chi connectivity index (χ0) is 20.0. The SMILES string of the molecule is Cc1nn(-c2cccc3sc(Cc4cc(F)cc(Cl)c4)cc23)c(C)c1C(N)=O. The molecule has 0 bridgehead atoms. The third-order valence-electron chi connectivity index (χ3n) is 4.66. The first kappa shape index (κ1) is 18.7. The molecule has 0 spiro atoms. The molecule has 2 N–H and O–H groups in total. The molecule has 0 aliphatic rings. The van der Waals surface area contributed by atoms with Crippen LogP contribution in [0.4, 0.5) is 4.39 Å². The van der Waals surface area contributed by atoms with Gasteiger partial charge in [0, 0.05) is 26.4 Å². The van der Waals surface area contributed by atoms with Crippen LogP contribution in [-0.4, -0.2) is 15.7 Å². The third-order valence-corrected chi connectivity index (χ3v) is 5.97. The summed E-state index contributed by atoms with van der Waals surface area (Å²) in [5.41, 5.74) is 8.96. The summed E-state index contributed by atoms with van der Waals surface area (Å²) >= 11 is 7.61. The minimum absolute atomic E-state index is 0.342. The number of thiophene rings is 1. The number of aryl methyl sites for hydroxylation is 1. The Bertz CT molecular complexity index is 1210. The van der Waals surface area contributed by atoms with Crippen molar-refractivity contribution in [3.63, 3.8) is 0 Å². The third kappa shape index (κ3) is 3.30. The van der Waals surface area contributed by atoms with Crippen molar-refractivity contribution < 1.29 is 9.18 Å². The molecule has 0 fully saturated rings. The van der Waals surface area contributed by atoms with Gasteiger partial charge in [0.1, 0.15) is 5.82 Å². The van der Waals surface area contributed by atoms with Gasteiger partial charge >= 0.3 is 0 Å². The largest absolute Gasteiger partial charge is 0.365 e. The molecule has 0 radical (unpaired) electrons. The lowest BCUT2D eigenvalue weighted by molar-refractivity contribution is 0.0999. The molecule has 0 aliphatic carbocycles. The number of carbonyl (C=O) groups excluding carboxylic acids is 1. The Hall–Kier alpha value is -2.70. The van der Waals surface area contributed by atoms with Crippen molar-refractivity contribution in [2.24, 2.45) is 5.73 Å². The highest BCUT2D eigenvalue weighted by molar-refractivity contribution is 7.19. The van der Waals surface area contributed by atoms with E-state index in [-0.39, 0.29) is 5.82 Å². The molecule has 142 valence electrons. The van der Waals surface area contributed by atoms with E-state index < -0.39 is 5.91 Å². The smallest absolute Gasteiger partial charge is 0.252 e. The van der Waals surface area contributed by atoms with Crippen molar-refractivity contribution in [2.75, 3.05) is 0 Å². The monoisotopic (exact) mass is 413 g/mol. The maximum Gasteiger partial charge on any atom is 0.252 e. The molecule has 4 rings (SSSR count). The topological polar surface area (TPSA) is 60.9 Å². The average molecular weight is 414 g/mol. The van der Waals surface area contributed by atoms with Crippen LogP contribution in [0, 0.1) is 19.7 Å². The number of hydrogen-bond donors (Lipinski definition) is 1. The molecule has 2 aromatic carbocycles. The zero-order valence-corrected chi connectivity index (χ0v) is 16.9. The molecule has 0 aliphatic heterocycles. The number of fused-ring (bicyclic) bond motifs is 1. The number of carbonyl (C=O) groups is 1. The van der Waals surface area contributed by atoms with Crippen LogP contribution in [0.25, 0.3) is 15.8 Å². The van der Waals surface area contributed by atoms with Gasteiger partial charge in [-0.3, -0.25) is 4.79 Å². The quantitative estimate of drug-likeness (QED) is 0.500. The van der Waals surface area contributed by atoms with E-state index in [0.29, 0.717) is 28.4 Å². The van der Waals surface area contributed by atoms with E-state index in [2.05, 4.69) is 11.2 Å². The summed E-state index contributed by atoms with van der Waals surface area (Å²) in [5, 5.41) is 5.93. The average Bonchev–Trinajstić information content (AvgIpc) is 3.13. The number of amides is 1. The van der Waals surface area contributed by atoms with Crippen molar-refractivity contribution in [1.29, 1.82) is 0 Å². The number of aromatic nitrogens is 2. The van der Waals surface area contributed by atoms with Gasteiger partial charge in [-0.15, -0.1) is 11.3 Å². The molecule has 4 nitrogen and oxygen atoms in total. The van der Waals surface area contributed by atoms with Gasteiger partial charge in [-0.1, -0.05) is 17.7 Å². The number of hydrogen-bond acceptors (Lipinski definition) is 3. The van der Waals surface area contributed by atoms with Crippen molar-refractivity contribution in [1.82, 2.24) is 9.78 Å². The van der Waals surface area contributed by atoms with Gasteiger partial charge in [0.2, 0.25) is 0 Å². The molecule has 4 aromatic rings. The summed E-state index contributed by atoms with van der Waals surface area (Å²) in [7, 11) is 0. The summed E-state index contributed by atoms with van der Waals surface area (Å²) < 4.78 is 16.5. The van der Waals surface area contributed by atoms with Gasteiger partial charge in [0.15, 0.2) is 0 Å². The van der Waals surface area contributed by atoms with Gasteiger partial charge in [0.05, 0.1) is 22.6 Å². The molecule has 2 heterocycles. The zero-order valence-electron chi connectivity index (χ0n) is 15.3. The van der Waals surface area contributed by atoms with E-state index in [0.717, 1.165) is 26.2 Å². The first-order chi connectivity index (χ1) is 13.3. The van der Waals surface area contributed by atoms with Crippen molar-refractivity contribution in [3.8, 4) is 5.69 Å². The fourth-order valence-electron chi connectivity index (χ4n) is 3.52. The maximum absolute atomic E-state index is 13.6. The van der Waals surface area contributed by atoms with E-state index in [1.807, 2.05) is 25.1 Å². The van der Waals surface area contributed by atoms with Gasteiger partial charge in [-0.2, -0.15) is 5.10 Å². The standard InChI is InChI=1S/C21H17ClFN3OS/c1-11-20(21(24)27)12(2)26(25-11)18-4-3-5-19-17(18)10-16(28-19)8-13-6-14(22)9-15(23)7-13/h3-7,9-10H,8H2,1-2H3,(H2,24,27). The minimum Gasteiger partial charge on any atom is -0.365 e. The summed E-state index contributed by atoms with van der Waals surface area (Å²) in [4.78, 5) is 12.8. The Balaban J connectivity index is 1.80. The maximum atomic E-state index is 13.6. The number of primary amides is 1. The fraction of sp³-hybridized carbons (Fsp3) is 0.143. The summed E-state index contributed by atoms with van der Waals surface area (Å²) in [5.74, 6) is -0.826. The Kier molecular flexibility index (Phi) is 4.69. The van der Waals surface area contributed by atoms with E-state index in [4.69, 9.17) is 17.3 Å². The van der Waals surface area contributed by atoms with Gasteiger partial charge in [-0.05, 0) is 55.8 Å². The molecule has 0 unspecified atom stereocenters. The molecule has 0 saturated carbocycles. The van der Waals surface area contributed by atoms with E-state index in [1.54, 1.807) is 29.0 Å². The molecule has 28 heavy (non-hydrogen) atoms. The van der Waals surface area contributed by atoms with Crippen LogP contribution in [0.15, 0.2) is 42.5 Å². The van der Waals surface area contributed by atoms with Crippen LogP contribution in [-0.2, 0) is 6.42 Å². The highest BCUT2D eigenvalue weighted by Gasteiger charge is 2.19. The summed E-state index contributed by atoms with van der Waals surface area (Å²) in [6.07, 6.45) is 0.583. The number of nitrogens with zero attached hydrogens (tertiary/aromatic N) is 2. The van der Waals surface area contributed by atoms with Crippen molar-refractivity contribution in [3.05, 3.63) is 80.7 Å². The van der Waals surface area contributed by atoms with Crippen molar-refractivity contribution >= 4 is 38.9 Å². The number of halogens is 2. The van der Waals surface area contributed by atoms with Crippen LogP contribution in [0.3, 0.4) is 0 Å². The number of nitrogens with two attached hydrogens (primary N) is 1. The van der Waals surface area contributed by atoms with E-state index >= 15 is 0 Å². The first-order valence-corrected chi connectivity index (χ1v) is 9.85. The molecule has 1 amide bonds. The summed E-state index contributed by atoms with van der Waals surface area (Å²) in [6.45, 7) is 3.61. The van der Waals surface area contributed by atoms with E-state index in [9.17, 15) is 9.18 Å². The highest BCUT2D eigenvalue weighted by Crippen LogP contribution is 2.33. The van der Waals surface area contributed by atoms with Crippen LogP contribution in [0.1, 0.15) is 32.2 Å². The Morgan fingerprint density at radius 3 is 2.71 bits per heavy atom. The second-order valence-electron chi connectivity index (χ2n) is 6.68. The second kappa shape index (κ2) is 7.04. The molecule has 0 saturated heterocycles. The van der Waals surface area contributed by atoms with Crippen LogP contribution in [0.5, 0.6) is 0 Å². The summed E-state index contributed by atoms with van der Waals surface area (Å²) in [6, 6.07) is 12.6.